The second-order valence-corrected chi connectivity index (χ2v) is 32.0. The monoisotopic (exact) mass is 1520 g/mol. The molecule has 0 aliphatic rings. The van der Waals surface area contributed by atoms with Crippen LogP contribution in [-0.4, -0.2) is 292 Å². The predicted molar refractivity (Wildman–Crippen MR) is 404 cm³/mol. The van der Waals surface area contributed by atoms with Gasteiger partial charge < -0.3 is 91.0 Å². The highest BCUT2D eigenvalue weighted by Gasteiger charge is 2.45. The van der Waals surface area contributed by atoms with E-state index in [0.29, 0.717) is 0 Å². The van der Waals surface area contributed by atoms with Crippen molar-refractivity contribution < 1.29 is 91.9 Å². The van der Waals surface area contributed by atoms with Crippen LogP contribution in [-0.2, 0) is 71.8 Å². The van der Waals surface area contributed by atoms with E-state index in [1.54, 1.807) is 60.6 Å². The summed E-state index contributed by atoms with van der Waals surface area (Å²) in [6, 6.07) is -14.9. The predicted octanol–water partition coefficient (Wildman–Crippen LogP) is 2.18. The largest absolute Gasteiger partial charge is 0.468 e. The minimum atomic E-state index is -1.71. The number of rotatable bonds is 43. The molecule has 0 saturated heterocycles. The van der Waals surface area contributed by atoms with E-state index < -0.39 is 198 Å². The zero-order chi connectivity index (χ0) is 83.5. The molecule has 0 aromatic rings. The van der Waals surface area contributed by atoms with Crippen molar-refractivity contribution in [3.05, 3.63) is 12.2 Å². The fraction of sp³-hybridized carbons (Fsp3) is 0.787. The molecule has 0 saturated carbocycles. The van der Waals surface area contributed by atoms with Gasteiger partial charge in [-0.2, -0.15) is 0 Å². The third-order valence-electron chi connectivity index (χ3n) is 18.1. The van der Waals surface area contributed by atoms with Gasteiger partial charge in [0.25, 0.3) is 0 Å². The molecular weight excluding hydrogens is 1390 g/mol. The fourth-order valence-corrected chi connectivity index (χ4v) is 12.0. The Morgan fingerprint density at radius 1 is 0.411 bits per heavy atom. The summed E-state index contributed by atoms with van der Waals surface area (Å²) in [6.45, 7) is 34.0. The summed E-state index contributed by atoms with van der Waals surface area (Å²) < 4.78 is 9.93. The van der Waals surface area contributed by atoms with Crippen LogP contribution in [0.1, 0.15) is 184 Å². The van der Waals surface area contributed by atoms with E-state index in [1.165, 1.54) is 81.9 Å². The number of methoxy groups -OCH3 is 1. The number of alkyl carbamates (subject to hydrolysis) is 1. The third kappa shape index (κ3) is 32.4. The Labute approximate surface area is 636 Å². The van der Waals surface area contributed by atoms with Crippen molar-refractivity contribution in [1.82, 2.24) is 66.2 Å². The number of ether oxygens (including phenoxy) is 2. The standard InChI is InChI=1S/C75H135N13O19/c1-30-31-32-46(14)62(93)61(67(98)80-58(49(17)89)71(102)83(23)39-57(92)106-29)88(28)73(104)60(45(12)13)87(27)70(101)52(34-41(4)5)79-66(97)55(37-44(10)11)85(25)68(99)48(16)77-63(94)47(15)76-64(95)54(36-43(8)9)86(26)69(100)51(33-40(2)3)78-65(96)53(35-42(6)7)84(24)56(91)38-82(22)72(103)59(50(18)90)81-74(105)107-75(19,20)21/h30-31,40-55,58-62,89-90,93H,32-39H2,1-29H3,(H,76,95)(H,77,94)(H,78,96)(H,79,97)(H,80,98)(H,81,105)/b31-30+/t46-,47+,48-,49-,50-,51+,52+,53+,54+,55+,58+,59+,60+,61+,62-/m1/s1. The Morgan fingerprint density at radius 3 is 1.18 bits per heavy atom. The number of esters is 1. The van der Waals surface area contributed by atoms with Gasteiger partial charge in [-0.05, 0) is 135 Å². The Morgan fingerprint density at radius 2 is 0.785 bits per heavy atom. The molecule has 0 aromatic heterocycles. The fourth-order valence-electron chi connectivity index (χ4n) is 12.0. The van der Waals surface area contributed by atoms with Crippen molar-refractivity contribution in [2.75, 3.05) is 69.5 Å². The number of amides is 13. The van der Waals surface area contributed by atoms with Gasteiger partial charge in [-0.1, -0.05) is 102 Å². The van der Waals surface area contributed by atoms with Crippen molar-refractivity contribution in [2.45, 2.75) is 274 Å². The van der Waals surface area contributed by atoms with E-state index in [4.69, 9.17) is 4.74 Å². The van der Waals surface area contributed by atoms with Crippen LogP contribution in [0.5, 0.6) is 0 Å². The molecule has 0 unspecified atom stereocenters. The number of allylic oxidation sites excluding steroid dienone is 2. The summed E-state index contributed by atoms with van der Waals surface area (Å²) in [5.74, 6) is -12.4. The summed E-state index contributed by atoms with van der Waals surface area (Å²) in [7, 11) is 10.5. The van der Waals surface area contributed by atoms with Crippen molar-refractivity contribution in [3.63, 3.8) is 0 Å². The molecule has 13 amide bonds. The summed E-state index contributed by atoms with van der Waals surface area (Å²) in [4.78, 5) is 205. The Bertz CT molecular complexity index is 3010. The molecule has 0 bridgehead atoms. The molecule has 0 aliphatic heterocycles. The van der Waals surface area contributed by atoms with Crippen LogP contribution in [0, 0.1) is 41.4 Å². The molecule has 0 spiro atoms. The van der Waals surface area contributed by atoms with Gasteiger partial charge in [0.15, 0.2) is 0 Å². The lowest BCUT2D eigenvalue weighted by Crippen LogP contribution is -2.64. The van der Waals surface area contributed by atoms with Crippen LogP contribution in [0.15, 0.2) is 12.2 Å². The Balaban J connectivity index is 7.00. The second-order valence-electron chi connectivity index (χ2n) is 32.0. The van der Waals surface area contributed by atoms with E-state index in [1.807, 2.05) is 69.2 Å². The van der Waals surface area contributed by atoms with Gasteiger partial charge >= 0.3 is 12.1 Å². The molecule has 0 heterocycles. The van der Waals surface area contributed by atoms with Crippen LogP contribution >= 0.6 is 0 Å². The van der Waals surface area contributed by atoms with Crippen LogP contribution in [0.3, 0.4) is 0 Å². The maximum Gasteiger partial charge on any atom is 0.408 e. The Hall–Kier alpha value is -8.00. The second kappa shape index (κ2) is 45.7. The molecule has 0 aliphatic carbocycles. The highest BCUT2D eigenvalue weighted by atomic mass is 16.6. The number of aliphatic hydroxyl groups is 3. The van der Waals surface area contributed by atoms with E-state index >= 15 is 4.79 Å². The first-order chi connectivity index (χ1) is 49.1. The van der Waals surface area contributed by atoms with Gasteiger partial charge in [-0.3, -0.25) is 62.3 Å². The van der Waals surface area contributed by atoms with Gasteiger partial charge in [-0.25, -0.2) is 4.79 Å². The van der Waals surface area contributed by atoms with Crippen LogP contribution in [0.25, 0.3) is 0 Å². The molecule has 0 radical (unpaired) electrons. The quantitative estimate of drug-likeness (QED) is 0.0312. The number of carbonyl (C=O) groups excluding carboxylic acids is 14. The lowest BCUT2D eigenvalue weighted by atomic mass is 9.91. The van der Waals surface area contributed by atoms with Crippen LogP contribution < -0.4 is 31.9 Å². The normalized spacial score (nSPS) is 16.0. The number of nitrogens with zero attached hydrogens (tertiary/aromatic N) is 7. The number of carbonyl (C=O) groups is 14. The lowest BCUT2D eigenvalue weighted by Gasteiger charge is -2.40. The van der Waals surface area contributed by atoms with Gasteiger partial charge in [0.1, 0.15) is 78.6 Å². The Kier molecular flexibility index (Phi) is 42.3. The minimum absolute atomic E-state index is 0.0498. The zero-order valence-corrected chi connectivity index (χ0v) is 69.4. The summed E-state index contributed by atoms with van der Waals surface area (Å²) in [5, 5.41) is 49.0. The summed E-state index contributed by atoms with van der Waals surface area (Å²) in [5.41, 5.74) is -0.916. The average Bonchev–Trinajstić information content (AvgIpc) is 0.801. The molecule has 614 valence electrons. The molecule has 9 N–H and O–H groups in total. The first-order valence-electron chi connectivity index (χ1n) is 37.2. The SMILES string of the molecule is C/C=C/C[C@@H](C)[C@@H](O)[C@@H](C(=O)N[C@H](C(=O)N(C)CC(=O)OC)[C@@H](C)O)N(C)C(=O)[C@H](C(C)C)N(C)C(=O)[C@H](CC(C)C)NC(=O)[C@H](CC(C)C)N(C)C(=O)[C@@H](C)NC(=O)[C@H](C)NC(=O)[C@H](CC(C)C)N(C)C(=O)[C@H](CC(C)C)NC(=O)[C@H](CC(C)C)N(C)C(=O)CN(C)C(=O)[C@@H](NC(=O)OC(C)(C)C)[C@@H](C)O. The minimum Gasteiger partial charge on any atom is -0.468 e. The van der Waals surface area contributed by atoms with E-state index in [0.717, 1.165) is 36.5 Å². The summed E-state index contributed by atoms with van der Waals surface area (Å²) in [6.07, 6.45) is -1.25. The topological polar surface area (TPSA) is 413 Å². The van der Waals surface area contributed by atoms with Gasteiger partial charge in [-0.15, -0.1) is 0 Å². The van der Waals surface area contributed by atoms with E-state index in [-0.39, 0.29) is 68.1 Å². The number of likely N-dealkylation sites (N-methyl/N-ethyl adjacent to an activating group) is 7. The maximum absolute atomic E-state index is 15.0. The molecule has 0 rings (SSSR count). The van der Waals surface area contributed by atoms with E-state index in [9.17, 15) is 77.6 Å². The molecule has 32 heteroatoms. The molecule has 15 atom stereocenters. The third-order valence-corrected chi connectivity index (χ3v) is 18.1. The number of aliphatic hydroxyl groups excluding tert-OH is 3. The first-order valence-corrected chi connectivity index (χ1v) is 37.2. The molecule has 32 nitrogen and oxygen atoms in total. The van der Waals surface area contributed by atoms with Gasteiger partial charge in [0, 0.05) is 49.3 Å². The van der Waals surface area contributed by atoms with Crippen molar-refractivity contribution in [2.24, 2.45) is 41.4 Å². The van der Waals surface area contributed by atoms with E-state index in [2.05, 4.69) is 36.6 Å². The lowest BCUT2D eigenvalue weighted by molar-refractivity contribution is -0.155. The van der Waals surface area contributed by atoms with Gasteiger partial charge in [0.05, 0.1) is 32.0 Å². The molecule has 107 heavy (non-hydrogen) atoms. The van der Waals surface area contributed by atoms with Crippen molar-refractivity contribution in [3.8, 4) is 0 Å². The van der Waals surface area contributed by atoms with Crippen LogP contribution in [0.4, 0.5) is 4.79 Å². The number of hydrogen-bond donors (Lipinski definition) is 9. The molecular formula is C75H135N13O19. The highest BCUT2D eigenvalue weighted by Crippen LogP contribution is 2.25. The van der Waals surface area contributed by atoms with Crippen molar-refractivity contribution in [1.29, 1.82) is 0 Å². The van der Waals surface area contributed by atoms with Gasteiger partial charge in [0.2, 0.25) is 70.9 Å². The smallest absolute Gasteiger partial charge is 0.408 e. The number of nitrogens with one attached hydrogen (secondary N) is 6. The summed E-state index contributed by atoms with van der Waals surface area (Å²) >= 11 is 0. The maximum atomic E-state index is 15.0. The molecule has 0 aromatic carbocycles. The zero-order valence-electron chi connectivity index (χ0n) is 69.4. The highest BCUT2D eigenvalue weighted by molar-refractivity contribution is 6.00. The number of hydrogen-bond acceptors (Lipinski definition) is 19. The average molecular weight is 1520 g/mol. The first kappa shape index (κ1) is 99.0. The van der Waals surface area contributed by atoms with Crippen molar-refractivity contribution >= 4 is 82.9 Å². The van der Waals surface area contributed by atoms with Crippen LogP contribution in [0.2, 0.25) is 0 Å². The molecule has 0 fully saturated rings.